The number of benzene rings is 1. The average Bonchev–Trinajstić information content (AvgIpc) is 2.47. The van der Waals surface area contributed by atoms with Crippen LogP contribution in [0.15, 0.2) is 47.6 Å². The second-order valence-corrected chi connectivity index (χ2v) is 6.54. The van der Waals surface area contributed by atoms with Crippen LogP contribution in [-0.4, -0.2) is 20.5 Å². The predicted octanol–water partition coefficient (Wildman–Crippen LogP) is 2.78. The quantitative estimate of drug-likeness (QED) is 0.917. The summed E-state index contributed by atoms with van der Waals surface area (Å²) >= 11 is 5.88. The summed E-state index contributed by atoms with van der Waals surface area (Å²) in [5.41, 5.74) is 0.766. The van der Waals surface area contributed by atoms with Gasteiger partial charge in [0.15, 0.2) is 0 Å². The van der Waals surface area contributed by atoms with Gasteiger partial charge in [0, 0.05) is 23.5 Å². The van der Waals surface area contributed by atoms with E-state index >= 15 is 0 Å². The summed E-state index contributed by atoms with van der Waals surface area (Å²) in [6, 6.07) is 7.58. The summed E-state index contributed by atoms with van der Waals surface area (Å²) in [5.74, 6) is 0.241. The Kier molecular flexibility index (Phi) is 4.82. The zero-order valence-corrected chi connectivity index (χ0v) is 13.1. The Morgan fingerprint density at radius 2 is 2.10 bits per heavy atom. The van der Waals surface area contributed by atoms with Crippen LogP contribution in [0.1, 0.15) is 18.5 Å². The van der Waals surface area contributed by atoms with Crippen molar-refractivity contribution >= 4 is 21.6 Å². The van der Waals surface area contributed by atoms with E-state index in [1.54, 1.807) is 37.5 Å². The van der Waals surface area contributed by atoms with E-state index in [0.717, 1.165) is 5.56 Å². The minimum absolute atomic E-state index is 0.00763. The van der Waals surface area contributed by atoms with Crippen molar-refractivity contribution in [2.45, 2.75) is 17.9 Å². The zero-order valence-electron chi connectivity index (χ0n) is 11.6. The molecule has 1 heterocycles. The van der Waals surface area contributed by atoms with Gasteiger partial charge in [0.1, 0.15) is 10.6 Å². The number of methoxy groups -OCH3 is 1. The van der Waals surface area contributed by atoms with Gasteiger partial charge in [-0.2, -0.15) is 0 Å². The van der Waals surface area contributed by atoms with Crippen molar-refractivity contribution in [3.8, 4) is 5.75 Å². The van der Waals surface area contributed by atoms with Crippen molar-refractivity contribution in [3.63, 3.8) is 0 Å². The molecule has 2 rings (SSSR count). The molecule has 21 heavy (non-hydrogen) atoms. The fourth-order valence-corrected chi connectivity index (χ4v) is 3.52. The van der Waals surface area contributed by atoms with Gasteiger partial charge in [-0.3, -0.25) is 4.98 Å². The first kappa shape index (κ1) is 15.8. The molecule has 0 saturated carbocycles. The average molecular weight is 327 g/mol. The first-order chi connectivity index (χ1) is 9.94. The fourth-order valence-electron chi connectivity index (χ4n) is 1.86. The molecule has 1 aromatic heterocycles. The number of hydrogen-bond acceptors (Lipinski definition) is 4. The molecule has 7 heteroatoms. The summed E-state index contributed by atoms with van der Waals surface area (Å²) in [5, 5.41) is 0.324. The van der Waals surface area contributed by atoms with Crippen molar-refractivity contribution in [1.82, 2.24) is 9.71 Å². The van der Waals surface area contributed by atoms with Gasteiger partial charge >= 0.3 is 0 Å². The van der Waals surface area contributed by atoms with Gasteiger partial charge in [0.05, 0.1) is 7.11 Å². The highest BCUT2D eigenvalue weighted by molar-refractivity contribution is 7.89. The summed E-state index contributed by atoms with van der Waals surface area (Å²) < 4.78 is 32.6. The molecule has 0 saturated heterocycles. The van der Waals surface area contributed by atoms with Crippen molar-refractivity contribution < 1.29 is 13.2 Å². The number of halogens is 1. The molecule has 1 N–H and O–H groups in total. The van der Waals surface area contributed by atoms with E-state index in [1.807, 2.05) is 0 Å². The number of nitrogens with one attached hydrogen (secondary N) is 1. The summed E-state index contributed by atoms with van der Waals surface area (Å²) in [4.78, 5) is 3.98. The number of sulfonamides is 1. The standard InChI is InChI=1S/C14H15ClN2O3S/c1-10(11-4-3-7-16-9-11)17-21(18,19)14-8-12(15)5-6-13(14)20-2/h3-10,17H,1-2H3. The zero-order chi connectivity index (χ0) is 15.5. The van der Waals surface area contributed by atoms with E-state index in [-0.39, 0.29) is 10.6 Å². The molecule has 1 atom stereocenters. The molecule has 112 valence electrons. The maximum atomic E-state index is 12.5. The van der Waals surface area contributed by atoms with E-state index in [0.29, 0.717) is 5.02 Å². The summed E-state index contributed by atoms with van der Waals surface area (Å²) in [6.45, 7) is 1.74. The van der Waals surface area contributed by atoms with Crippen LogP contribution < -0.4 is 9.46 Å². The summed E-state index contributed by atoms with van der Waals surface area (Å²) in [7, 11) is -2.35. The number of nitrogens with zero attached hydrogens (tertiary/aromatic N) is 1. The van der Waals surface area contributed by atoms with E-state index in [2.05, 4.69) is 9.71 Å². The maximum absolute atomic E-state index is 12.5. The highest BCUT2D eigenvalue weighted by Crippen LogP contribution is 2.28. The van der Waals surface area contributed by atoms with Gasteiger partial charge < -0.3 is 4.74 Å². The number of aromatic nitrogens is 1. The molecule has 0 bridgehead atoms. The Hall–Kier alpha value is -1.63. The highest BCUT2D eigenvalue weighted by atomic mass is 35.5. The molecule has 0 spiro atoms. The second kappa shape index (κ2) is 6.43. The van der Waals surface area contributed by atoms with Crippen LogP contribution >= 0.6 is 11.6 Å². The number of ether oxygens (including phenoxy) is 1. The maximum Gasteiger partial charge on any atom is 0.244 e. The lowest BCUT2D eigenvalue weighted by atomic mass is 10.2. The fraction of sp³-hybridized carbons (Fsp3) is 0.214. The lowest BCUT2D eigenvalue weighted by molar-refractivity contribution is 0.402. The normalized spacial score (nSPS) is 12.9. The third-order valence-corrected chi connectivity index (χ3v) is 4.73. The van der Waals surface area contributed by atoms with Crippen molar-refractivity contribution in [1.29, 1.82) is 0 Å². The van der Waals surface area contributed by atoms with Crippen LogP contribution in [0, 0.1) is 0 Å². The Labute approximate surface area is 129 Å². The van der Waals surface area contributed by atoms with Crippen LogP contribution in [0.25, 0.3) is 0 Å². The third kappa shape index (κ3) is 3.72. The van der Waals surface area contributed by atoms with Gasteiger partial charge in [-0.15, -0.1) is 0 Å². The highest BCUT2D eigenvalue weighted by Gasteiger charge is 2.22. The third-order valence-electron chi connectivity index (χ3n) is 2.93. The summed E-state index contributed by atoms with van der Waals surface area (Å²) in [6.07, 6.45) is 3.24. The molecule has 0 aliphatic heterocycles. The van der Waals surface area contributed by atoms with Gasteiger partial charge in [-0.1, -0.05) is 17.7 Å². The molecule has 1 aromatic carbocycles. The second-order valence-electron chi connectivity index (χ2n) is 4.42. The monoisotopic (exact) mass is 326 g/mol. The predicted molar refractivity (Wildman–Crippen MR) is 81.0 cm³/mol. The van der Waals surface area contributed by atoms with Crippen LogP contribution in [-0.2, 0) is 10.0 Å². The van der Waals surface area contributed by atoms with Crippen LogP contribution in [0.2, 0.25) is 5.02 Å². The molecule has 0 fully saturated rings. The largest absolute Gasteiger partial charge is 0.495 e. The number of rotatable bonds is 5. The first-order valence-corrected chi connectivity index (χ1v) is 8.06. The van der Waals surface area contributed by atoms with Gasteiger partial charge in [0.25, 0.3) is 0 Å². The SMILES string of the molecule is COc1ccc(Cl)cc1S(=O)(=O)NC(C)c1cccnc1. The first-order valence-electron chi connectivity index (χ1n) is 6.20. The Morgan fingerprint density at radius 3 is 2.71 bits per heavy atom. The molecule has 0 amide bonds. The van der Waals surface area contributed by atoms with E-state index in [9.17, 15) is 8.42 Å². The molecule has 2 aromatic rings. The Bertz CT molecular complexity index is 720. The molecular formula is C14H15ClN2O3S. The molecule has 0 radical (unpaired) electrons. The molecular weight excluding hydrogens is 312 g/mol. The molecule has 5 nitrogen and oxygen atoms in total. The van der Waals surface area contributed by atoms with Gasteiger partial charge in [-0.05, 0) is 36.8 Å². The minimum Gasteiger partial charge on any atom is -0.495 e. The van der Waals surface area contributed by atoms with E-state index < -0.39 is 16.1 Å². The van der Waals surface area contributed by atoms with Gasteiger partial charge in [0.2, 0.25) is 10.0 Å². The smallest absolute Gasteiger partial charge is 0.244 e. The van der Waals surface area contributed by atoms with Gasteiger partial charge in [-0.25, -0.2) is 13.1 Å². The minimum atomic E-state index is -3.76. The Morgan fingerprint density at radius 1 is 1.33 bits per heavy atom. The molecule has 1 unspecified atom stereocenters. The Balaban J connectivity index is 2.33. The van der Waals surface area contributed by atoms with Crippen LogP contribution in [0.5, 0.6) is 5.75 Å². The molecule has 0 aliphatic carbocycles. The van der Waals surface area contributed by atoms with Crippen molar-refractivity contribution in [2.24, 2.45) is 0 Å². The lowest BCUT2D eigenvalue weighted by Crippen LogP contribution is -2.27. The molecule has 0 aliphatic rings. The van der Waals surface area contributed by atoms with Crippen LogP contribution in [0.4, 0.5) is 0 Å². The topological polar surface area (TPSA) is 68.3 Å². The van der Waals surface area contributed by atoms with Crippen molar-refractivity contribution in [2.75, 3.05) is 7.11 Å². The van der Waals surface area contributed by atoms with Crippen LogP contribution in [0.3, 0.4) is 0 Å². The number of pyridine rings is 1. The van der Waals surface area contributed by atoms with E-state index in [4.69, 9.17) is 16.3 Å². The van der Waals surface area contributed by atoms with E-state index in [1.165, 1.54) is 19.2 Å². The van der Waals surface area contributed by atoms with Crippen molar-refractivity contribution in [3.05, 3.63) is 53.3 Å². The lowest BCUT2D eigenvalue weighted by Gasteiger charge is -2.16. The number of hydrogen-bond donors (Lipinski definition) is 1.